The molecular weight excluding hydrogens is 236 g/mol. The molecule has 18 heavy (non-hydrogen) atoms. The van der Waals surface area contributed by atoms with Crippen LogP contribution in [0.4, 0.5) is 0 Å². The zero-order chi connectivity index (χ0) is 13.4. The molecule has 1 aromatic carbocycles. The summed E-state index contributed by atoms with van der Waals surface area (Å²) in [6, 6.07) is 7.65. The summed E-state index contributed by atoms with van der Waals surface area (Å²) in [6.07, 6.45) is 0.249. The van der Waals surface area contributed by atoms with Gasteiger partial charge in [-0.2, -0.15) is 5.26 Å². The molecule has 0 atom stereocenters. The molecule has 0 aliphatic rings. The number of rotatable bonds is 6. The van der Waals surface area contributed by atoms with Gasteiger partial charge in [-0.15, -0.1) is 0 Å². The maximum atomic E-state index is 11.2. The van der Waals surface area contributed by atoms with Gasteiger partial charge in [0.05, 0.1) is 18.1 Å². The van der Waals surface area contributed by atoms with Crippen molar-refractivity contribution in [3.05, 3.63) is 29.8 Å². The van der Waals surface area contributed by atoms with Crippen molar-refractivity contribution >= 4 is 11.9 Å². The van der Waals surface area contributed by atoms with E-state index in [0.717, 1.165) is 0 Å². The number of carbonyl (C=O) groups excluding carboxylic acids is 1. The van der Waals surface area contributed by atoms with E-state index in [4.69, 9.17) is 15.1 Å². The van der Waals surface area contributed by atoms with E-state index in [-0.39, 0.29) is 31.0 Å². The first kappa shape index (κ1) is 13.5. The minimum absolute atomic E-state index is 0.154. The average molecular weight is 248 g/mol. The van der Waals surface area contributed by atoms with Gasteiger partial charge in [-0.25, -0.2) is 4.79 Å². The normalized spacial score (nSPS) is 9.28. The standard InChI is InChI=1S/C12H12N2O4/c13-6-1-7-14-11(15)8-18-10-4-2-9(3-5-10)12(16)17/h2-5H,1,7-8H2,(H,14,15)(H,16,17). The number of nitriles is 1. The number of carboxylic acids is 1. The van der Waals surface area contributed by atoms with E-state index in [1.54, 1.807) is 0 Å². The van der Waals surface area contributed by atoms with Crippen LogP contribution in [0, 0.1) is 11.3 Å². The molecule has 6 nitrogen and oxygen atoms in total. The molecule has 0 bridgehead atoms. The summed E-state index contributed by atoms with van der Waals surface area (Å²) in [4.78, 5) is 21.8. The van der Waals surface area contributed by atoms with Crippen LogP contribution < -0.4 is 10.1 Å². The molecule has 0 heterocycles. The van der Waals surface area contributed by atoms with E-state index in [1.807, 2.05) is 6.07 Å². The Morgan fingerprint density at radius 3 is 2.56 bits per heavy atom. The van der Waals surface area contributed by atoms with E-state index in [1.165, 1.54) is 24.3 Å². The van der Waals surface area contributed by atoms with E-state index in [9.17, 15) is 9.59 Å². The van der Waals surface area contributed by atoms with Crippen LogP contribution in [0.1, 0.15) is 16.8 Å². The van der Waals surface area contributed by atoms with Crippen molar-refractivity contribution in [3.8, 4) is 11.8 Å². The zero-order valence-corrected chi connectivity index (χ0v) is 9.55. The van der Waals surface area contributed by atoms with Gasteiger partial charge in [0.25, 0.3) is 5.91 Å². The highest BCUT2D eigenvalue weighted by Crippen LogP contribution is 2.11. The second-order valence-electron chi connectivity index (χ2n) is 3.38. The molecule has 6 heteroatoms. The Labute approximate surface area is 104 Å². The smallest absolute Gasteiger partial charge is 0.335 e. The summed E-state index contributed by atoms with van der Waals surface area (Å²) in [5.74, 6) is -0.932. The number of amides is 1. The highest BCUT2D eigenvalue weighted by molar-refractivity contribution is 5.87. The first-order valence-electron chi connectivity index (χ1n) is 5.23. The fourth-order valence-corrected chi connectivity index (χ4v) is 1.15. The van der Waals surface area contributed by atoms with Crippen LogP contribution in [0.2, 0.25) is 0 Å². The Hall–Kier alpha value is -2.55. The third kappa shape index (κ3) is 4.53. The summed E-state index contributed by atoms with van der Waals surface area (Å²) in [5.41, 5.74) is 0.154. The number of nitrogens with zero attached hydrogens (tertiary/aromatic N) is 1. The Morgan fingerprint density at radius 2 is 2.00 bits per heavy atom. The van der Waals surface area contributed by atoms with Crippen LogP contribution in [-0.2, 0) is 4.79 Å². The van der Waals surface area contributed by atoms with Crippen molar-refractivity contribution in [2.75, 3.05) is 13.2 Å². The molecule has 0 saturated carbocycles. The highest BCUT2D eigenvalue weighted by atomic mass is 16.5. The number of benzene rings is 1. The van der Waals surface area contributed by atoms with Gasteiger partial charge < -0.3 is 15.2 Å². The number of carboxylic acid groups (broad SMARTS) is 1. The molecule has 1 aromatic rings. The van der Waals surface area contributed by atoms with Gasteiger partial charge in [-0.05, 0) is 24.3 Å². The van der Waals surface area contributed by atoms with Gasteiger partial charge in [-0.1, -0.05) is 0 Å². The van der Waals surface area contributed by atoms with E-state index in [2.05, 4.69) is 5.32 Å². The molecule has 2 N–H and O–H groups in total. The number of nitrogens with one attached hydrogen (secondary N) is 1. The largest absolute Gasteiger partial charge is 0.484 e. The van der Waals surface area contributed by atoms with Gasteiger partial charge in [0.2, 0.25) is 0 Å². The lowest BCUT2D eigenvalue weighted by Gasteiger charge is -2.06. The minimum atomic E-state index is -1.02. The van der Waals surface area contributed by atoms with Gasteiger partial charge in [0.15, 0.2) is 6.61 Å². The van der Waals surface area contributed by atoms with Crippen LogP contribution in [-0.4, -0.2) is 30.1 Å². The third-order valence-corrected chi connectivity index (χ3v) is 2.03. The second-order valence-corrected chi connectivity index (χ2v) is 3.38. The molecule has 0 radical (unpaired) electrons. The molecule has 1 rings (SSSR count). The molecule has 1 amide bonds. The van der Waals surface area contributed by atoms with E-state index in [0.29, 0.717) is 5.75 Å². The van der Waals surface area contributed by atoms with Gasteiger partial charge in [0.1, 0.15) is 5.75 Å². The lowest BCUT2D eigenvalue weighted by Crippen LogP contribution is -2.29. The Balaban J connectivity index is 2.37. The van der Waals surface area contributed by atoms with Crippen molar-refractivity contribution in [3.63, 3.8) is 0 Å². The molecule has 0 fully saturated rings. The molecule has 0 aliphatic carbocycles. The Bertz CT molecular complexity index is 462. The monoisotopic (exact) mass is 248 g/mol. The predicted molar refractivity (Wildman–Crippen MR) is 62.1 cm³/mol. The highest BCUT2D eigenvalue weighted by Gasteiger charge is 2.04. The summed E-state index contributed by atoms with van der Waals surface area (Å²) in [6.45, 7) is 0.120. The molecule has 0 aliphatic heterocycles. The van der Waals surface area contributed by atoms with Crippen LogP contribution in [0.5, 0.6) is 5.75 Å². The van der Waals surface area contributed by atoms with Gasteiger partial charge in [0, 0.05) is 6.54 Å². The van der Waals surface area contributed by atoms with Crippen molar-refractivity contribution in [2.24, 2.45) is 0 Å². The number of hydrogen-bond acceptors (Lipinski definition) is 4. The van der Waals surface area contributed by atoms with Crippen LogP contribution in [0.3, 0.4) is 0 Å². The maximum Gasteiger partial charge on any atom is 0.335 e. The zero-order valence-electron chi connectivity index (χ0n) is 9.55. The summed E-state index contributed by atoms with van der Waals surface area (Å²) in [5, 5.41) is 19.5. The molecule has 0 saturated heterocycles. The number of carbonyl (C=O) groups is 2. The average Bonchev–Trinajstić information content (AvgIpc) is 2.37. The Morgan fingerprint density at radius 1 is 1.33 bits per heavy atom. The minimum Gasteiger partial charge on any atom is -0.484 e. The first-order chi connectivity index (χ1) is 8.63. The van der Waals surface area contributed by atoms with Gasteiger partial charge in [-0.3, -0.25) is 4.79 Å². The van der Waals surface area contributed by atoms with Crippen LogP contribution >= 0.6 is 0 Å². The molecule has 94 valence electrons. The maximum absolute atomic E-state index is 11.2. The van der Waals surface area contributed by atoms with Crippen LogP contribution in [0.25, 0.3) is 0 Å². The number of ether oxygens (including phenoxy) is 1. The Kier molecular flexibility index (Phi) is 5.19. The number of hydrogen-bond donors (Lipinski definition) is 2. The van der Waals surface area contributed by atoms with Crippen molar-refractivity contribution in [1.29, 1.82) is 5.26 Å². The number of aromatic carboxylic acids is 1. The van der Waals surface area contributed by atoms with E-state index < -0.39 is 5.97 Å². The fraction of sp³-hybridized carbons (Fsp3) is 0.250. The van der Waals surface area contributed by atoms with Crippen LogP contribution in [0.15, 0.2) is 24.3 Å². The van der Waals surface area contributed by atoms with Gasteiger partial charge >= 0.3 is 5.97 Å². The first-order valence-corrected chi connectivity index (χ1v) is 5.23. The summed E-state index contributed by atoms with van der Waals surface area (Å²) >= 11 is 0. The quantitative estimate of drug-likeness (QED) is 0.725. The van der Waals surface area contributed by atoms with Crippen molar-refractivity contribution < 1.29 is 19.4 Å². The summed E-state index contributed by atoms with van der Waals surface area (Å²) < 4.78 is 5.15. The lowest BCUT2D eigenvalue weighted by molar-refractivity contribution is -0.123. The second kappa shape index (κ2) is 6.91. The van der Waals surface area contributed by atoms with E-state index >= 15 is 0 Å². The molecule has 0 spiro atoms. The SMILES string of the molecule is N#CCCNC(=O)COc1ccc(C(=O)O)cc1. The fourth-order valence-electron chi connectivity index (χ4n) is 1.15. The molecule has 0 aromatic heterocycles. The predicted octanol–water partition coefficient (Wildman–Crippen LogP) is 0.793. The topological polar surface area (TPSA) is 99.4 Å². The molecular formula is C12H12N2O4. The lowest BCUT2D eigenvalue weighted by atomic mass is 10.2. The van der Waals surface area contributed by atoms with Crippen molar-refractivity contribution in [2.45, 2.75) is 6.42 Å². The van der Waals surface area contributed by atoms with Crippen molar-refractivity contribution in [1.82, 2.24) is 5.32 Å². The summed E-state index contributed by atoms with van der Waals surface area (Å²) in [7, 11) is 0. The molecule has 0 unspecified atom stereocenters. The third-order valence-electron chi connectivity index (χ3n) is 2.03.